The van der Waals surface area contributed by atoms with Crippen LogP contribution in [-0.2, 0) is 13.0 Å². The van der Waals surface area contributed by atoms with Gasteiger partial charge in [0.05, 0.1) is 19.1 Å². The van der Waals surface area contributed by atoms with Gasteiger partial charge in [-0.25, -0.2) is 9.07 Å². The lowest BCUT2D eigenvalue weighted by atomic mass is 10.0. The predicted octanol–water partition coefficient (Wildman–Crippen LogP) is 2.92. The third kappa shape index (κ3) is 4.16. The minimum absolute atomic E-state index is 0.107. The van der Waals surface area contributed by atoms with Gasteiger partial charge in [-0.3, -0.25) is 9.78 Å². The first-order valence-electron chi connectivity index (χ1n) is 9.20. The van der Waals surface area contributed by atoms with E-state index in [1.165, 1.54) is 10.7 Å². The van der Waals surface area contributed by atoms with Crippen LogP contribution in [-0.4, -0.2) is 45.1 Å². The number of rotatable bonds is 6. The van der Waals surface area contributed by atoms with Crippen molar-refractivity contribution in [3.05, 3.63) is 51.2 Å². The fourth-order valence-electron chi connectivity index (χ4n) is 3.32. The topological polar surface area (TPSA) is 87.0 Å². The van der Waals surface area contributed by atoms with Crippen LogP contribution in [0.4, 0.5) is 23.5 Å². The number of aliphatic hydroxyl groups is 1. The van der Waals surface area contributed by atoms with Crippen molar-refractivity contribution >= 4 is 17.0 Å². The Labute approximate surface area is 169 Å². The monoisotopic (exact) mass is 427 g/mol. The molecule has 7 nitrogen and oxygen atoms in total. The molecule has 3 rings (SSSR count). The Balaban J connectivity index is 2.15. The Hall–Kier alpha value is -2.95. The van der Waals surface area contributed by atoms with Crippen LogP contribution in [0.5, 0.6) is 0 Å². The number of aromatic amines is 1. The van der Waals surface area contributed by atoms with Crippen molar-refractivity contribution in [2.24, 2.45) is 0 Å². The van der Waals surface area contributed by atoms with E-state index in [0.29, 0.717) is 12.0 Å². The predicted molar refractivity (Wildman–Crippen MR) is 103 cm³/mol. The number of aromatic nitrogens is 4. The summed E-state index contributed by atoms with van der Waals surface area (Å²) in [7, 11) is 3.37. The number of benzene rings is 1. The van der Waals surface area contributed by atoms with Crippen molar-refractivity contribution in [3.8, 4) is 0 Å². The van der Waals surface area contributed by atoms with E-state index in [1.807, 2.05) is 0 Å². The number of nitrogens with one attached hydrogen (secondary N) is 1. The summed E-state index contributed by atoms with van der Waals surface area (Å²) in [4.78, 5) is 21.1. The molecule has 2 heterocycles. The zero-order valence-corrected chi connectivity index (χ0v) is 16.6. The highest BCUT2D eigenvalue weighted by Crippen LogP contribution is 2.29. The molecule has 0 fully saturated rings. The van der Waals surface area contributed by atoms with Gasteiger partial charge in [-0.05, 0) is 23.6 Å². The largest absolute Gasteiger partial charge is 0.393 e. The molecule has 0 amide bonds. The summed E-state index contributed by atoms with van der Waals surface area (Å²) in [5, 5.41) is 14.0. The van der Waals surface area contributed by atoms with Gasteiger partial charge in [-0.2, -0.15) is 23.3 Å². The van der Waals surface area contributed by atoms with Crippen LogP contribution in [0.25, 0.3) is 11.0 Å². The van der Waals surface area contributed by atoms with Crippen molar-refractivity contribution in [1.82, 2.24) is 19.7 Å². The fourth-order valence-corrected chi connectivity index (χ4v) is 3.32. The van der Waals surface area contributed by atoms with Crippen molar-refractivity contribution < 1.29 is 22.7 Å². The van der Waals surface area contributed by atoms with Crippen LogP contribution >= 0.6 is 0 Å². The van der Waals surface area contributed by atoms with Gasteiger partial charge in [0.2, 0.25) is 5.95 Å². The second-order valence-electron chi connectivity index (χ2n) is 7.10. The number of H-pyrrole nitrogens is 1. The molecule has 0 saturated heterocycles. The molecule has 1 unspecified atom stereocenters. The van der Waals surface area contributed by atoms with E-state index in [4.69, 9.17) is 0 Å². The lowest BCUT2D eigenvalue weighted by molar-refractivity contribution is -0.127. The van der Waals surface area contributed by atoms with Crippen LogP contribution in [0, 0.1) is 5.82 Å². The summed E-state index contributed by atoms with van der Waals surface area (Å²) < 4.78 is 53.6. The molecule has 0 aliphatic carbocycles. The van der Waals surface area contributed by atoms with E-state index in [1.54, 1.807) is 25.9 Å². The van der Waals surface area contributed by atoms with E-state index in [2.05, 4.69) is 15.1 Å². The standard InChI is InChI=1S/C19H21F4N5O2/c1-4-14(10-5-6-11(12(20)7-10)8-19(21,22)23)28-16-15(13(9-29)26-28)17(30)25-18(24-16)27(2)3/h5-7,14,29H,4,8-9H2,1-3H3,(H,24,25,30). The van der Waals surface area contributed by atoms with Crippen molar-refractivity contribution in [2.45, 2.75) is 38.6 Å². The summed E-state index contributed by atoms with van der Waals surface area (Å²) in [6.07, 6.45) is -5.49. The van der Waals surface area contributed by atoms with Gasteiger partial charge in [0, 0.05) is 14.1 Å². The van der Waals surface area contributed by atoms with Gasteiger partial charge in [0.1, 0.15) is 16.9 Å². The maximum Gasteiger partial charge on any atom is 0.393 e. The smallest absolute Gasteiger partial charge is 0.390 e. The molecule has 0 bridgehead atoms. The number of alkyl halides is 3. The first-order valence-corrected chi connectivity index (χ1v) is 9.20. The summed E-state index contributed by atoms with van der Waals surface area (Å²) in [5.74, 6) is -0.707. The molecular weight excluding hydrogens is 406 g/mol. The summed E-state index contributed by atoms with van der Waals surface area (Å²) in [6.45, 7) is 1.28. The molecule has 2 aromatic heterocycles. The molecule has 1 atom stereocenters. The SMILES string of the molecule is CCC(c1ccc(CC(F)(F)F)c(F)c1)n1nc(CO)c2c(=O)[nH]c(N(C)C)nc21. The van der Waals surface area contributed by atoms with Crippen LogP contribution in [0.2, 0.25) is 0 Å². The van der Waals surface area contributed by atoms with E-state index < -0.39 is 42.2 Å². The molecular formula is C19H21F4N5O2. The van der Waals surface area contributed by atoms with E-state index in [9.17, 15) is 27.5 Å². The molecule has 30 heavy (non-hydrogen) atoms. The fraction of sp³-hybridized carbons (Fsp3) is 0.421. The zero-order chi connectivity index (χ0) is 22.2. The van der Waals surface area contributed by atoms with Gasteiger partial charge in [-0.15, -0.1) is 0 Å². The summed E-state index contributed by atoms with van der Waals surface area (Å²) >= 11 is 0. The van der Waals surface area contributed by atoms with Crippen LogP contribution in [0.1, 0.15) is 36.2 Å². The number of fused-ring (bicyclic) bond motifs is 1. The van der Waals surface area contributed by atoms with Crippen LogP contribution < -0.4 is 10.5 Å². The highest BCUT2D eigenvalue weighted by molar-refractivity contribution is 5.78. The normalized spacial score (nSPS) is 13.1. The second-order valence-corrected chi connectivity index (χ2v) is 7.10. The summed E-state index contributed by atoms with van der Waals surface area (Å²) in [6, 6.07) is 2.95. The molecule has 0 saturated carbocycles. The maximum absolute atomic E-state index is 14.4. The number of aliphatic hydroxyl groups excluding tert-OH is 1. The lowest BCUT2D eigenvalue weighted by Crippen LogP contribution is -2.20. The molecule has 1 aromatic carbocycles. The highest BCUT2D eigenvalue weighted by Gasteiger charge is 2.30. The zero-order valence-electron chi connectivity index (χ0n) is 16.6. The highest BCUT2D eigenvalue weighted by atomic mass is 19.4. The Morgan fingerprint density at radius 1 is 1.30 bits per heavy atom. The van der Waals surface area contributed by atoms with Crippen molar-refractivity contribution in [3.63, 3.8) is 0 Å². The van der Waals surface area contributed by atoms with Gasteiger partial charge in [0.25, 0.3) is 5.56 Å². The quantitative estimate of drug-likeness (QED) is 0.591. The van der Waals surface area contributed by atoms with Gasteiger partial charge in [0.15, 0.2) is 5.65 Å². The maximum atomic E-state index is 14.4. The Morgan fingerprint density at radius 3 is 2.53 bits per heavy atom. The third-order valence-electron chi connectivity index (χ3n) is 4.73. The first kappa shape index (κ1) is 21.8. The van der Waals surface area contributed by atoms with Gasteiger partial charge in [-0.1, -0.05) is 19.1 Å². The van der Waals surface area contributed by atoms with E-state index in [0.717, 1.165) is 12.1 Å². The van der Waals surface area contributed by atoms with Crippen molar-refractivity contribution in [1.29, 1.82) is 0 Å². The molecule has 11 heteroatoms. The van der Waals surface area contributed by atoms with Crippen LogP contribution in [0.15, 0.2) is 23.0 Å². The molecule has 0 aliphatic heterocycles. The molecule has 3 aromatic rings. The number of halogens is 4. The minimum Gasteiger partial charge on any atom is -0.390 e. The van der Waals surface area contributed by atoms with Gasteiger partial charge < -0.3 is 10.0 Å². The average Bonchev–Trinajstić information content (AvgIpc) is 3.02. The molecule has 0 aliphatic rings. The van der Waals surface area contributed by atoms with E-state index >= 15 is 0 Å². The average molecular weight is 427 g/mol. The second kappa shape index (κ2) is 8.05. The third-order valence-corrected chi connectivity index (χ3v) is 4.73. The number of hydrogen-bond acceptors (Lipinski definition) is 5. The Bertz CT molecular complexity index is 1120. The molecule has 0 radical (unpaired) electrons. The Kier molecular flexibility index (Phi) is 5.84. The number of anilines is 1. The lowest BCUT2D eigenvalue weighted by Gasteiger charge is -2.19. The van der Waals surface area contributed by atoms with Gasteiger partial charge >= 0.3 is 6.18 Å². The molecule has 0 spiro atoms. The first-order chi connectivity index (χ1) is 14.1. The minimum atomic E-state index is -4.52. The molecule has 2 N–H and O–H groups in total. The van der Waals surface area contributed by atoms with Crippen molar-refractivity contribution in [2.75, 3.05) is 19.0 Å². The molecule has 162 valence electrons. The summed E-state index contributed by atoms with van der Waals surface area (Å²) in [5.41, 5.74) is -0.259. The van der Waals surface area contributed by atoms with E-state index in [-0.39, 0.29) is 22.7 Å². The van der Waals surface area contributed by atoms with Crippen LogP contribution in [0.3, 0.4) is 0 Å². The number of hydrogen-bond donors (Lipinski definition) is 2. The Morgan fingerprint density at radius 2 is 2.00 bits per heavy atom. The number of nitrogens with zero attached hydrogens (tertiary/aromatic N) is 4.